The first-order valence-corrected chi connectivity index (χ1v) is 6.58. The predicted molar refractivity (Wildman–Crippen MR) is 76.1 cm³/mol. The lowest BCUT2D eigenvalue weighted by Gasteiger charge is -2.13. The van der Waals surface area contributed by atoms with Crippen LogP contribution in [-0.4, -0.2) is 11.1 Å². The number of carboxylic acids is 1. The van der Waals surface area contributed by atoms with E-state index in [0.717, 1.165) is 11.1 Å². The maximum absolute atomic E-state index is 13.6. The van der Waals surface area contributed by atoms with E-state index in [1.54, 1.807) is 18.2 Å². The van der Waals surface area contributed by atoms with Crippen LogP contribution in [0.15, 0.2) is 48.5 Å². The topological polar surface area (TPSA) is 37.3 Å². The zero-order valence-corrected chi connectivity index (χ0v) is 11.3. The van der Waals surface area contributed by atoms with E-state index in [4.69, 9.17) is 0 Å². The molecule has 0 amide bonds. The number of aliphatic carboxylic acids is 1. The van der Waals surface area contributed by atoms with Gasteiger partial charge in [-0.05, 0) is 37.0 Å². The number of hydrogen-bond acceptors (Lipinski definition) is 1. The third-order valence-electron chi connectivity index (χ3n) is 3.38. The molecule has 3 heteroatoms. The Balaban J connectivity index is 2.14. The number of rotatable bonds is 5. The van der Waals surface area contributed by atoms with Crippen LogP contribution in [0.5, 0.6) is 0 Å². The van der Waals surface area contributed by atoms with E-state index in [1.807, 2.05) is 31.2 Å². The Bertz CT molecular complexity index is 590. The normalized spacial score (nSPS) is 12.1. The summed E-state index contributed by atoms with van der Waals surface area (Å²) in [5, 5.41) is 9.32. The van der Waals surface area contributed by atoms with Crippen molar-refractivity contribution in [2.24, 2.45) is 5.92 Å². The monoisotopic (exact) mass is 272 g/mol. The van der Waals surface area contributed by atoms with E-state index in [9.17, 15) is 14.3 Å². The first-order valence-electron chi connectivity index (χ1n) is 6.58. The summed E-state index contributed by atoms with van der Waals surface area (Å²) in [7, 11) is 0. The lowest BCUT2D eigenvalue weighted by atomic mass is 9.92. The molecule has 2 aromatic carbocycles. The van der Waals surface area contributed by atoms with Gasteiger partial charge in [0.1, 0.15) is 5.82 Å². The van der Waals surface area contributed by atoms with Crippen molar-refractivity contribution in [1.29, 1.82) is 0 Å². The van der Waals surface area contributed by atoms with Crippen LogP contribution >= 0.6 is 0 Å². The Labute approximate surface area is 117 Å². The van der Waals surface area contributed by atoms with Gasteiger partial charge >= 0.3 is 5.97 Å². The van der Waals surface area contributed by atoms with Gasteiger partial charge in [-0.25, -0.2) is 4.39 Å². The molecule has 0 spiro atoms. The molecule has 2 rings (SSSR count). The maximum atomic E-state index is 13.6. The highest BCUT2D eigenvalue weighted by molar-refractivity contribution is 5.70. The van der Waals surface area contributed by atoms with Gasteiger partial charge in [0.25, 0.3) is 0 Å². The molecule has 104 valence electrons. The van der Waals surface area contributed by atoms with Crippen molar-refractivity contribution >= 4 is 5.97 Å². The second kappa shape index (κ2) is 6.33. The van der Waals surface area contributed by atoms with Crippen molar-refractivity contribution in [3.05, 3.63) is 71.0 Å². The molecule has 0 aromatic heterocycles. The first-order chi connectivity index (χ1) is 9.56. The van der Waals surface area contributed by atoms with Gasteiger partial charge in [-0.1, -0.05) is 48.0 Å². The van der Waals surface area contributed by atoms with E-state index < -0.39 is 11.9 Å². The van der Waals surface area contributed by atoms with Crippen molar-refractivity contribution in [3.8, 4) is 0 Å². The molecule has 20 heavy (non-hydrogen) atoms. The molecule has 1 N–H and O–H groups in total. The molecular formula is C17H17FO2. The molecule has 0 heterocycles. The summed E-state index contributed by atoms with van der Waals surface area (Å²) >= 11 is 0. The molecule has 0 fully saturated rings. The van der Waals surface area contributed by atoms with Crippen LogP contribution in [0.25, 0.3) is 0 Å². The fraction of sp³-hybridized carbons (Fsp3) is 0.235. The Morgan fingerprint density at radius 1 is 1.10 bits per heavy atom. The summed E-state index contributed by atoms with van der Waals surface area (Å²) in [4.78, 5) is 11.4. The van der Waals surface area contributed by atoms with Crippen LogP contribution in [0, 0.1) is 18.7 Å². The first kappa shape index (κ1) is 14.3. The van der Waals surface area contributed by atoms with Crippen LogP contribution in [0.2, 0.25) is 0 Å². The molecule has 2 aromatic rings. The zero-order chi connectivity index (χ0) is 14.5. The summed E-state index contributed by atoms with van der Waals surface area (Å²) in [5.41, 5.74) is 2.54. The third-order valence-corrected chi connectivity index (χ3v) is 3.38. The molecule has 0 saturated carbocycles. The largest absolute Gasteiger partial charge is 0.481 e. The van der Waals surface area contributed by atoms with Crippen LogP contribution in [0.1, 0.15) is 16.7 Å². The lowest BCUT2D eigenvalue weighted by molar-refractivity contribution is -0.141. The van der Waals surface area contributed by atoms with Crippen LogP contribution in [0.3, 0.4) is 0 Å². The van der Waals surface area contributed by atoms with E-state index >= 15 is 0 Å². The molecule has 0 bridgehead atoms. The molecule has 0 saturated heterocycles. The van der Waals surface area contributed by atoms with Crippen LogP contribution in [-0.2, 0) is 17.6 Å². The fourth-order valence-electron chi connectivity index (χ4n) is 2.18. The van der Waals surface area contributed by atoms with Gasteiger partial charge in [0.2, 0.25) is 0 Å². The Hall–Kier alpha value is -2.16. The molecule has 0 aliphatic heterocycles. The Morgan fingerprint density at radius 2 is 1.75 bits per heavy atom. The Kier molecular flexibility index (Phi) is 4.51. The van der Waals surface area contributed by atoms with Gasteiger partial charge in [0.05, 0.1) is 5.92 Å². The third kappa shape index (κ3) is 3.67. The van der Waals surface area contributed by atoms with E-state index in [-0.39, 0.29) is 12.2 Å². The van der Waals surface area contributed by atoms with Crippen molar-refractivity contribution in [3.63, 3.8) is 0 Å². The number of aryl methyl sites for hydroxylation is 1. The second-order valence-electron chi connectivity index (χ2n) is 5.02. The van der Waals surface area contributed by atoms with Crippen molar-refractivity contribution < 1.29 is 14.3 Å². The van der Waals surface area contributed by atoms with Crippen LogP contribution in [0.4, 0.5) is 4.39 Å². The lowest BCUT2D eigenvalue weighted by Crippen LogP contribution is -2.19. The summed E-state index contributed by atoms with van der Waals surface area (Å²) in [5.74, 6) is -1.86. The zero-order valence-electron chi connectivity index (χ0n) is 11.3. The second-order valence-corrected chi connectivity index (χ2v) is 5.02. The molecule has 2 nitrogen and oxygen atoms in total. The van der Waals surface area contributed by atoms with Gasteiger partial charge in [0, 0.05) is 0 Å². The SMILES string of the molecule is Cc1ccc(CC(Cc2ccccc2F)C(=O)O)cc1. The van der Waals surface area contributed by atoms with Crippen molar-refractivity contribution in [2.45, 2.75) is 19.8 Å². The minimum atomic E-state index is -0.895. The average Bonchev–Trinajstić information content (AvgIpc) is 2.42. The summed E-state index contributed by atoms with van der Waals surface area (Å²) < 4.78 is 13.6. The highest BCUT2D eigenvalue weighted by Crippen LogP contribution is 2.18. The van der Waals surface area contributed by atoms with Gasteiger partial charge in [-0.2, -0.15) is 0 Å². The van der Waals surface area contributed by atoms with E-state index in [0.29, 0.717) is 12.0 Å². The number of carbonyl (C=O) groups is 1. The number of hydrogen-bond donors (Lipinski definition) is 1. The number of benzene rings is 2. The van der Waals surface area contributed by atoms with E-state index in [2.05, 4.69) is 0 Å². The predicted octanol–water partition coefficient (Wildman–Crippen LogP) is 3.62. The average molecular weight is 272 g/mol. The standard InChI is InChI=1S/C17H17FO2/c1-12-6-8-13(9-7-12)10-15(17(19)20)11-14-4-2-3-5-16(14)18/h2-9,15H,10-11H2,1H3,(H,19,20). The van der Waals surface area contributed by atoms with E-state index in [1.165, 1.54) is 6.07 Å². The van der Waals surface area contributed by atoms with Crippen molar-refractivity contribution in [1.82, 2.24) is 0 Å². The minimum Gasteiger partial charge on any atom is -0.481 e. The summed E-state index contributed by atoms with van der Waals surface area (Å²) in [6.07, 6.45) is 0.611. The molecule has 0 radical (unpaired) electrons. The summed E-state index contributed by atoms with van der Waals surface area (Å²) in [6, 6.07) is 14.1. The van der Waals surface area contributed by atoms with Gasteiger partial charge < -0.3 is 5.11 Å². The molecule has 0 aliphatic carbocycles. The quantitative estimate of drug-likeness (QED) is 0.902. The number of halogens is 1. The smallest absolute Gasteiger partial charge is 0.307 e. The van der Waals surface area contributed by atoms with Crippen LogP contribution < -0.4 is 0 Å². The highest BCUT2D eigenvalue weighted by atomic mass is 19.1. The molecule has 1 atom stereocenters. The minimum absolute atomic E-state index is 0.204. The highest BCUT2D eigenvalue weighted by Gasteiger charge is 2.20. The Morgan fingerprint density at radius 3 is 2.35 bits per heavy atom. The maximum Gasteiger partial charge on any atom is 0.307 e. The summed E-state index contributed by atoms with van der Waals surface area (Å²) in [6.45, 7) is 1.98. The number of carboxylic acid groups (broad SMARTS) is 1. The molecular weight excluding hydrogens is 255 g/mol. The van der Waals surface area contributed by atoms with Gasteiger partial charge in [-0.15, -0.1) is 0 Å². The molecule has 1 unspecified atom stereocenters. The van der Waals surface area contributed by atoms with Crippen molar-refractivity contribution in [2.75, 3.05) is 0 Å². The van der Waals surface area contributed by atoms with Gasteiger partial charge in [-0.3, -0.25) is 4.79 Å². The molecule has 0 aliphatic rings. The fourth-order valence-corrected chi connectivity index (χ4v) is 2.18. The van der Waals surface area contributed by atoms with Gasteiger partial charge in [0.15, 0.2) is 0 Å².